The van der Waals surface area contributed by atoms with E-state index in [2.05, 4.69) is 62.8 Å². The Hall–Kier alpha value is -1.04. The Morgan fingerprint density at radius 3 is 0.802 bits per heavy atom. The Balaban J connectivity index is -0.0000583. The van der Waals surface area contributed by atoms with Gasteiger partial charge in [-0.25, -0.2) is 0 Å². The average molecular weight is 1640 g/mol. The van der Waals surface area contributed by atoms with Crippen molar-refractivity contribution >= 4 is 51.2 Å². The van der Waals surface area contributed by atoms with Gasteiger partial charge in [0.15, 0.2) is 0 Å². The van der Waals surface area contributed by atoms with Gasteiger partial charge in [0.1, 0.15) is 18.6 Å². The first-order valence-corrected chi connectivity index (χ1v) is 47.7. The van der Waals surface area contributed by atoms with E-state index in [1.54, 1.807) is 0 Å². The molecule has 0 radical (unpaired) electrons. The summed E-state index contributed by atoms with van der Waals surface area (Å²) < 4.78 is 70.7. The van der Waals surface area contributed by atoms with Crippen LogP contribution in [0, 0.1) is 0 Å². The maximum Gasteiger partial charge on any atom is 1.00 e. The fraction of sp³-hybridized carbons (Fsp3) is 0.929. The predicted molar refractivity (Wildman–Crippen MR) is 437 cm³/mol. The van der Waals surface area contributed by atoms with E-state index in [0.29, 0.717) is 51.4 Å². The second kappa shape index (κ2) is 85.4. The summed E-state index contributed by atoms with van der Waals surface area (Å²) in [6, 6.07) is -1.72. The predicted octanol–water partition coefficient (Wildman–Crippen LogP) is 14.2. The van der Waals surface area contributed by atoms with Crippen molar-refractivity contribution in [3.05, 3.63) is 0 Å². The van der Waals surface area contributed by atoms with Gasteiger partial charge < -0.3 is 68.1 Å². The summed E-state index contributed by atoms with van der Waals surface area (Å²) in [4.78, 5) is 104. The van der Waals surface area contributed by atoms with Crippen molar-refractivity contribution in [1.29, 1.82) is 0 Å². The molecular weight excluding hydrogens is 1470 g/mol. The fourth-order valence-electron chi connectivity index (χ4n) is 13.2. The number of nitrogens with one attached hydrogen (secondary N) is 4. The maximum atomic E-state index is 13.3. The van der Waals surface area contributed by atoms with Crippen LogP contribution in [-0.2, 0) is 74.9 Å². The summed E-state index contributed by atoms with van der Waals surface area (Å²) in [6.07, 6.45) is 58.4. The number of ether oxygens (including phenoxy) is 4. The van der Waals surface area contributed by atoms with Gasteiger partial charge in [-0.15, -0.1) is 0 Å². The zero-order valence-electron chi connectivity index (χ0n) is 72.3. The molecule has 0 saturated carbocycles. The summed E-state index contributed by atoms with van der Waals surface area (Å²) in [5, 5.41) is 10.6. The Kier molecular flexibility index (Phi) is 87.8. The SMILES string of the molecule is CCCCCCCCCCCCCC(=O)NC(COCC[C@@H](CCCCCCC)OC(=O)CCCCCCCCCCC)COP(=O)([O-])OCCNC(=O)CC(=O)NCCOP(=O)([O-])OCC(COCC[C@@H](CCCCCCC)OC(=O)CCCCCCCCCCC)NC(=O)CCCCCCCCCCCCC.[Na+].[Na+]. The largest absolute Gasteiger partial charge is 1.00 e. The second-order valence-electron chi connectivity index (χ2n) is 30.6. The van der Waals surface area contributed by atoms with Crippen LogP contribution in [0.4, 0.5) is 0 Å². The Labute approximate surface area is 721 Å². The molecule has 4 amide bonds. The summed E-state index contributed by atoms with van der Waals surface area (Å²) >= 11 is 0. The molecule has 0 aromatic rings. The third kappa shape index (κ3) is 82.4. The quantitative estimate of drug-likeness (QED) is 0.0145. The molecule has 0 heterocycles. The van der Waals surface area contributed by atoms with Gasteiger partial charge in [0.2, 0.25) is 23.6 Å². The molecule has 0 saturated heterocycles. The summed E-state index contributed by atoms with van der Waals surface area (Å²) in [5.74, 6) is -2.49. The molecule has 0 bridgehead atoms. The Bertz CT molecular complexity index is 2090. The van der Waals surface area contributed by atoms with Crippen molar-refractivity contribution < 1.29 is 144 Å². The van der Waals surface area contributed by atoms with E-state index in [0.717, 1.165) is 141 Å². The molecule has 4 N–H and O–H groups in total. The molecule has 644 valence electrons. The minimum absolute atomic E-state index is 0. The number of amides is 4. The number of carbonyl (C=O) groups is 6. The van der Waals surface area contributed by atoms with Crippen LogP contribution in [-0.4, -0.2) is 126 Å². The second-order valence-corrected chi connectivity index (χ2v) is 33.5. The summed E-state index contributed by atoms with van der Waals surface area (Å²) in [5.41, 5.74) is 0. The van der Waals surface area contributed by atoms with Crippen molar-refractivity contribution in [2.24, 2.45) is 0 Å². The van der Waals surface area contributed by atoms with Crippen molar-refractivity contribution in [3.8, 4) is 0 Å². The monoisotopic (exact) mass is 1640 g/mol. The van der Waals surface area contributed by atoms with Crippen LogP contribution in [0.25, 0.3) is 0 Å². The topological polar surface area (TPSA) is 305 Å². The number of carbonyl (C=O) groups excluding carboxylic acids is 6. The van der Waals surface area contributed by atoms with Gasteiger partial charge in [-0.3, -0.25) is 37.9 Å². The molecular formula is C85H164N4Na2O18P2. The third-order valence-corrected chi connectivity index (χ3v) is 21.8. The number of phosphoric acid groups is 2. The molecule has 0 fully saturated rings. The molecule has 0 aliphatic carbocycles. The Morgan fingerprint density at radius 1 is 0.288 bits per heavy atom. The van der Waals surface area contributed by atoms with E-state index in [1.807, 2.05) is 0 Å². The van der Waals surface area contributed by atoms with Crippen molar-refractivity contribution in [2.45, 2.75) is 445 Å². The number of hydrogen-bond acceptors (Lipinski definition) is 18. The van der Waals surface area contributed by atoms with Crippen LogP contribution in [0.2, 0.25) is 0 Å². The van der Waals surface area contributed by atoms with Gasteiger partial charge in [-0.2, -0.15) is 0 Å². The molecule has 0 aliphatic rings. The summed E-state index contributed by atoms with van der Waals surface area (Å²) in [6.45, 7) is 10.8. The van der Waals surface area contributed by atoms with E-state index in [1.165, 1.54) is 167 Å². The zero-order valence-corrected chi connectivity index (χ0v) is 78.1. The van der Waals surface area contributed by atoms with E-state index in [4.69, 9.17) is 37.0 Å². The molecule has 4 unspecified atom stereocenters. The van der Waals surface area contributed by atoms with E-state index in [-0.39, 0.29) is 147 Å². The van der Waals surface area contributed by atoms with Crippen LogP contribution in [0.15, 0.2) is 0 Å². The zero-order chi connectivity index (χ0) is 80.0. The minimum Gasteiger partial charge on any atom is -0.756 e. The Morgan fingerprint density at radius 2 is 0.532 bits per heavy atom. The van der Waals surface area contributed by atoms with Gasteiger partial charge >= 0.3 is 71.1 Å². The molecule has 26 heteroatoms. The van der Waals surface area contributed by atoms with Crippen LogP contribution in [0.5, 0.6) is 0 Å². The van der Waals surface area contributed by atoms with Crippen LogP contribution in [0.3, 0.4) is 0 Å². The van der Waals surface area contributed by atoms with Crippen LogP contribution >= 0.6 is 15.6 Å². The fourth-order valence-corrected chi connectivity index (χ4v) is 14.7. The smallest absolute Gasteiger partial charge is 0.756 e. The van der Waals surface area contributed by atoms with Gasteiger partial charge in [0, 0.05) is 51.6 Å². The van der Waals surface area contributed by atoms with Crippen LogP contribution < -0.4 is 90.2 Å². The van der Waals surface area contributed by atoms with E-state index >= 15 is 0 Å². The molecule has 0 rings (SSSR count). The van der Waals surface area contributed by atoms with Gasteiger partial charge in [0.05, 0.1) is 64.9 Å². The number of unbranched alkanes of at least 4 members (excludes halogenated alkanes) is 44. The molecule has 0 aromatic heterocycles. The number of rotatable bonds is 86. The maximum absolute atomic E-state index is 13.3. The molecule has 6 atom stereocenters. The first-order valence-electron chi connectivity index (χ1n) is 44.8. The van der Waals surface area contributed by atoms with E-state index in [9.17, 15) is 47.7 Å². The van der Waals surface area contributed by atoms with Crippen LogP contribution in [0.1, 0.15) is 420 Å². The normalized spacial score (nSPS) is 13.5. The summed E-state index contributed by atoms with van der Waals surface area (Å²) in [7, 11) is -9.97. The van der Waals surface area contributed by atoms with Crippen molar-refractivity contribution in [1.82, 2.24) is 21.3 Å². The molecule has 111 heavy (non-hydrogen) atoms. The van der Waals surface area contributed by atoms with Gasteiger partial charge in [-0.05, 0) is 51.4 Å². The molecule has 0 spiro atoms. The van der Waals surface area contributed by atoms with Crippen molar-refractivity contribution in [2.75, 3.05) is 65.9 Å². The molecule has 22 nitrogen and oxygen atoms in total. The third-order valence-electron chi connectivity index (χ3n) is 19.9. The first kappa shape index (κ1) is 114. The van der Waals surface area contributed by atoms with Gasteiger partial charge in [-0.1, -0.05) is 324 Å². The number of phosphoric ester groups is 2. The average Bonchev–Trinajstić information content (AvgIpc) is 0.922. The minimum atomic E-state index is -4.99. The molecule has 0 aliphatic heterocycles. The first-order chi connectivity index (χ1) is 52.9. The number of esters is 2. The standard InChI is InChI=1S/C85H166N4O18P2.2Na/c1-7-13-19-25-29-33-35-39-41-47-53-59-80(90)88-76(72-100-67-63-78(57-51-45-23-17-11-5)106-84(94)61-55-49-43-37-31-27-21-15-9-3)74-104-108(96,97)102-69-65-86-82(92)71-83(93)87-66-70-103-109(98,99)105-75-77(89-81(91)60-54-48-42-40-36-34-30-26-20-14-8-2)73-101-68-64-79(58-52-46-24-18-12-6)107-85(95)62-56-50-44-38-32-28-22-16-10-4;;/h76-79H,7-75H2,1-6H3,(H,86,92)(H,87,93)(H,88,90)(H,89,91)(H,96,97)(H,98,99);;/q;2*+1/p-2/t76?,77?,78-,79-;;/m1../s1. The molecule has 0 aromatic carbocycles. The van der Waals surface area contributed by atoms with Gasteiger partial charge in [0.25, 0.3) is 15.6 Å². The van der Waals surface area contributed by atoms with Crippen molar-refractivity contribution in [3.63, 3.8) is 0 Å². The van der Waals surface area contributed by atoms with E-state index < -0.39 is 72.4 Å². The number of hydrogen-bond donors (Lipinski definition) is 4.